The molecule has 5 nitrogen and oxygen atoms in total. The summed E-state index contributed by atoms with van der Waals surface area (Å²) in [4.78, 5) is 15.7. The zero-order valence-electron chi connectivity index (χ0n) is 9.23. The smallest absolute Gasteiger partial charge is 0.180 e. The summed E-state index contributed by atoms with van der Waals surface area (Å²) in [6.45, 7) is 0. The Bertz CT molecular complexity index is 465. The minimum atomic E-state index is 0.00129. The van der Waals surface area contributed by atoms with Crippen LogP contribution in [-0.2, 0) is 11.2 Å². The average Bonchev–Trinajstić information content (AvgIpc) is 2.65. The highest BCUT2D eigenvalue weighted by Gasteiger charge is 2.37. The fourth-order valence-corrected chi connectivity index (χ4v) is 2.22. The summed E-state index contributed by atoms with van der Waals surface area (Å²) >= 11 is 0. The van der Waals surface area contributed by atoms with Crippen molar-refractivity contribution in [2.75, 3.05) is 7.11 Å². The zero-order valence-corrected chi connectivity index (χ0v) is 9.23. The van der Waals surface area contributed by atoms with Crippen LogP contribution < -0.4 is 0 Å². The summed E-state index contributed by atoms with van der Waals surface area (Å²) in [6, 6.07) is 0. The molecule has 0 saturated heterocycles. The molecule has 0 atom stereocenters. The van der Waals surface area contributed by atoms with Crippen molar-refractivity contribution in [3.8, 4) is 0 Å². The van der Waals surface area contributed by atoms with Crippen molar-refractivity contribution in [2.24, 2.45) is 0 Å². The molecule has 2 aromatic rings. The Hall–Kier alpha value is -1.49. The second kappa shape index (κ2) is 3.52. The zero-order chi connectivity index (χ0) is 11.0. The van der Waals surface area contributed by atoms with Crippen LogP contribution in [-0.4, -0.2) is 32.6 Å². The molecule has 0 aliphatic heterocycles. The number of hydrogen-bond acceptors (Lipinski definition) is 4. The topological polar surface area (TPSA) is 63.7 Å². The first-order valence-electron chi connectivity index (χ1n) is 5.51. The Kier molecular flexibility index (Phi) is 2.14. The van der Waals surface area contributed by atoms with Crippen LogP contribution in [0.4, 0.5) is 0 Å². The predicted molar refractivity (Wildman–Crippen MR) is 59.0 cm³/mol. The lowest BCUT2D eigenvalue weighted by Crippen LogP contribution is -2.41. The summed E-state index contributed by atoms with van der Waals surface area (Å²) in [6.07, 6.45) is 7.58. The molecule has 84 valence electrons. The summed E-state index contributed by atoms with van der Waals surface area (Å²) in [5.41, 5.74) is 1.63. The molecule has 0 unspecified atom stereocenters. The van der Waals surface area contributed by atoms with Crippen molar-refractivity contribution >= 4 is 11.2 Å². The molecule has 0 bridgehead atoms. The Labute approximate surface area is 93.3 Å². The highest BCUT2D eigenvalue weighted by atomic mass is 16.5. The summed E-state index contributed by atoms with van der Waals surface area (Å²) in [7, 11) is 1.78. The van der Waals surface area contributed by atoms with Crippen molar-refractivity contribution in [1.82, 2.24) is 19.9 Å². The number of fused-ring (bicyclic) bond motifs is 1. The van der Waals surface area contributed by atoms with Crippen LogP contribution in [0.25, 0.3) is 11.2 Å². The predicted octanol–water partition coefficient (Wildman–Crippen LogP) is 1.46. The van der Waals surface area contributed by atoms with Crippen LogP contribution >= 0.6 is 0 Å². The van der Waals surface area contributed by atoms with Crippen LogP contribution in [0.15, 0.2) is 12.5 Å². The quantitative estimate of drug-likeness (QED) is 0.847. The van der Waals surface area contributed by atoms with Crippen LogP contribution in [0.2, 0.25) is 0 Å². The van der Waals surface area contributed by atoms with Gasteiger partial charge in [-0.3, -0.25) is 0 Å². The van der Waals surface area contributed by atoms with Gasteiger partial charge in [0.15, 0.2) is 5.65 Å². The number of rotatable bonds is 3. The van der Waals surface area contributed by atoms with E-state index >= 15 is 0 Å². The first kappa shape index (κ1) is 9.72. The normalized spacial score (nSPS) is 18.6. The maximum absolute atomic E-state index is 5.58. The number of imidazole rings is 1. The molecule has 0 amide bonds. The number of ether oxygens (including phenoxy) is 1. The van der Waals surface area contributed by atoms with E-state index in [1.165, 1.54) is 12.7 Å². The largest absolute Gasteiger partial charge is 0.378 e. The Balaban J connectivity index is 1.89. The van der Waals surface area contributed by atoms with Gasteiger partial charge >= 0.3 is 0 Å². The van der Waals surface area contributed by atoms with Crippen LogP contribution in [0.5, 0.6) is 0 Å². The number of nitrogens with zero attached hydrogens (tertiary/aromatic N) is 3. The Morgan fingerprint density at radius 3 is 3.00 bits per heavy atom. The molecule has 0 spiro atoms. The van der Waals surface area contributed by atoms with Gasteiger partial charge in [-0.15, -0.1) is 0 Å². The first-order chi connectivity index (χ1) is 7.81. The molecule has 1 fully saturated rings. The molecule has 1 saturated carbocycles. The second-order valence-corrected chi connectivity index (χ2v) is 4.36. The van der Waals surface area contributed by atoms with Gasteiger partial charge in [-0.05, 0) is 19.3 Å². The lowest BCUT2D eigenvalue weighted by molar-refractivity contribution is -0.0719. The molecule has 2 heterocycles. The minimum absolute atomic E-state index is 0.00129. The van der Waals surface area contributed by atoms with Crippen molar-refractivity contribution in [3.63, 3.8) is 0 Å². The van der Waals surface area contributed by atoms with Crippen molar-refractivity contribution in [3.05, 3.63) is 18.3 Å². The van der Waals surface area contributed by atoms with Crippen molar-refractivity contribution < 1.29 is 4.74 Å². The standard InChI is InChI=1S/C11H14N4O/c1-16-11(3-2-4-11)5-9-14-8-6-12-7-13-10(8)15-9/h6-7H,2-5H2,1H3,(H,12,13,14,15). The van der Waals surface area contributed by atoms with Gasteiger partial charge < -0.3 is 9.72 Å². The van der Waals surface area contributed by atoms with Gasteiger partial charge in [0.2, 0.25) is 0 Å². The molecule has 1 N–H and O–H groups in total. The maximum atomic E-state index is 5.58. The number of aromatic amines is 1. The van der Waals surface area contributed by atoms with Crippen LogP contribution in [0.3, 0.4) is 0 Å². The van der Waals surface area contributed by atoms with E-state index < -0.39 is 0 Å². The molecule has 1 aliphatic carbocycles. The Morgan fingerprint density at radius 1 is 1.50 bits per heavy atom. The van der Waals surface area contributed by atoms with Crippen molar-refractivity contribution in [2.45, 2.75) is 31.3 Å². The summed E-state index contributed by atoms with van der Waals surface area (Å²) in [5, 5.41) is 0. The fourth-order valence-electron chi connectivity index (χ4n) is 2.22. The third-order valence-corrected chi connectivity index (χ3v) is 3.40. The van der Waals surface area contributed by atoms with Gasteiger partial charge in [0.25, 0.3) is 0 Å². The minimum Gasteiger partial charge on any atom is -0.378 e. The molecule has 2 aromatic heterocycles. The van der Waals surface area contributed by atoms with E-state index in [1.807, 2.05) is 0 Å². The van der Waals surface area contributed by atoms with E-state index in [1.54, 1.807) is 13.3 Å². The fraction of sp³-hybridized carbons (Fsp3) is 0.545. The van der Waals surface area contributed by atoms with E-state index in [-0.39, 0.29) is 5.60 Å². The van der Waals surface area contributed by atoms with Crippen LogP contribution in [0.1, 0.15) is 25.1 Å². The van der Waals surface area contributed by atoms with Crippen molar-refractivity contribution in [1.29, 1.82) is 0 Å². The first-order valence-corrected chi connectivity index (χ1v) is 5.51. The highest BCUT2D eigenvalue weighted by molar-refractivity contribution is 5.68. The monoisotopic (exact) mass is 218 g/mol. The lowest BCUT2D eigenvalue weighted by Gasteiger charge is -2.39. The number of nitrogens with one attached hydrogen (secondary N) is 1. The third-order valence-electron chi connectivity index (χ3n) is 3.40. The molecule has 0 aromatic carbocycles. The molecule has 1 aliphatic rings. The molecule has 3 rings (SSSR count). The maximum Gasteiger partial charge on any atom is 0.180 e. The number of H-pyrrole nitrogens is 1. The van der Waals surface area contributed by atoms with Gasteiger partial charge in [0.1, 0.15) is 17.7 Å². The van der Waals surface area contributed by atoms with Gasteiger partial charge in [-0.1, -0.05) is 0 Å². The van der Waals surface area contributed by atoms with E-state index in [9.17, 15) is 0 Å². The molecular formula is C11H14N4O. The summed E-state index contributed by atoms with van der Waals surface area (Å²) < 4.78 is 5.58. The van der Waals surface area contributed by atoms with E-state index in [0.29, 0.717) is 0 Å². The third kappa shape index (κ3) is 1.48. The number of methoxy groups -OCH3 is 1. The average molecular weight is 218 g/mol. The second-order valence-electron chi connectivity index (χ2n) is 4.36. The van der Waals surface area contributed by atoms with Gasteiger partial charge in [0, 0.05) is 13.5 Å². The van der Waals surface area contributed by atoms with E-state index in [4.69, 9.17) is 4.74 Å². The molecule has 16 heavy (non-hydrogen) atoms. The van der Waals surface area contributed by atoms with Crippen LogP contribution in [0, 0.1) is 0 Å². The lowest BCUT2D eigenvalue weighted by atomic mass is 9.77. The summed E-state index contributed by atoms with van der Waals surface area (Å²) in [5.74, 6) is 0.942. The molecule has 5 heteroatoms. The van der Waals surface area contributed by atoms with E-state index in [0.717, 1.165) is 36.3 Å². The number of hydrogen-bond donors (Lipinski definition) is 1. The van der Waals surface area contributed by atoms with Gasteiger partial charge in [-0.2, -0.15) is 0 Å². The molecular weight excluding hydrogens is 204 g/mol. The SMILES string of the molecule is COC1(Cc2nc3ncncc3[nH]2)CCC1. The van der Waals surface area contributed by atoms with Gasteiger partial charge in [-0.25, -0.2) is 15.0 Å². The van der Waals surface area contributed by atoms with Gasteiger partial charge in [0.05, 0.1) is 11.8 Å². The number of aromatic nitrogens is 4. The Morgan fingerprint density at radius 2 is 2.38 bits per heavy atom. The highest BCUT2D eigenvalue weighted by Crippen LogP contribution is 2.37. The molecule has 0 radical (unpaired) electrons. The van der Waals surface area contributed by atoms with E-state index in [2.05, 4.69) is 19.9 Å².